The zero-order valence-electron chi connectivity index (χ0n) is 24.8. The second-order valence-electron chi connectivity index (χ2n) is 11.0. The summed E-state index contributed by atoms with van der Waals surface area (Å²) in [5.41, 5.74) is 3.28. The molecule has 0 bridgehead atoms. The lowest BCUT2D eigenvalue weighted by atomic mass is 9.99. The molecule has 2 atom stereocenters. The number of hydrogen-bond donors (Lipinski definition) is 1. The highest BCUT2D eigenvalue weighted by Crippen LogP contribution is 2.49. The highest BCUT2D eigenvalue weighted by molar-refractivity contribution is 8.14. The predicted molar refractivity (Wildman–Crippen MR) is 167 cm³/mol. The van der Waals surface area contributed by atoms with Crippen LogP contribution in [0.25, 0.3) is 5.57 Å². The van der Waals surface area contributed by atoms with Crippen LogP contribution in [0.15, 0.2) is 54.2 Å². The standard InChI is InChI=1S/C30H39N5O5S2/c1-20(2)23-11-7-9-22(17-23)10-8-16-35(29(37)30(14-15-30)25-13-12-24(40-6)18-31-25)19-26-32-27(21(3)41-26)28(36)33-42(38,39)34(4)5/h7,9,11-13,17-18,21,27H,1,8,10,14-16,19H2,2-6H3,(H,33,36). The van der Waals surface area contributed by atoms with E-state index in [1.165, 1.54) is 31.4 Å². The maximum atomic E-state index is 14.1. The van der Waals surface area contributed by atoms with Crippen LogP contribution in [0.1, 0.15) is 49.9 Å². The van der Waals surface area contributed by atoms with E-state index in [0.29, 0.717) is 35.9 Å². The second-order valence-corrected chi connectivity index (χ2v) is 14.4. The summed E-state index contributed by atoms with van der Waals surface area (Å²) in [5.74, 6) is -0.0768. The van der Waals surface area contributed by atoms with Gasteiger partial charge in [-0.25, -0.2) is 4.72 Å². The molecule has 1 aliphatic carbocycles. The lowest BCUT2D eigenvalue weighted by Crippen LogP contribution is -2.45. The SMILES string of the molecule is C=C(C)c1cccc(CCCN(CC2=NC(C(=O)NS(=O)(=O)N(C)C)C(C)S2)C(=O)C2(c3ccc(OC)cn3)CC2)c1. The predicted octanol–water partition coefficient (Wildman–Crippen LogP) is 3.44. The maximum Gasteiger partial charge on any atom is 0.303 e. The van der Waals surface area contributed by atoms with E-state index in [0.717, 1.165) is 28.3 Å². The topological polar surface area (TPSA) is 121 Å². The molecular weight excluding hydrogens is 574 g/mol. The number of hydrogen-bond acceptors (Lipinski definition) is 8. The Kier molecular flexibility index (Phi) is 9.79. The van der Waals surface area contributed by atoms with Crippen molar-refractivity contribution in [2.45, 2.75) is 56.2 Å². The molecule has 2 aromatic rings. The molecule has 2 aliphatic rings. The first kappa shape index (κ1) is 31.7. The number of rotatable bonds is 13. The Labute approximate surface area is 252 Å². The van der Waals surface area contributed by atoms with Gasteiger partial charge in [0.2, 0.25) is 5.91 Å². The van der Waals surface area contributed by atoms with Crippen molar-refractivity contribution in [3.05, 3.63) is 66.0 Å². The smallest absolute Gasteiger partial charge is 0.303 e. The van der Waals surface area contributed by atoms with E-state index in [4.69, 9.17) is 4.74 Å². The van der Waals surface area contributed by atoms with Gasteiger partial charge in [-0.1, -0.05) is 43.3 Å². The molecule has 1 N–H and O–H groups in total. The Morgan fingerprint density at radius 2 is 1.95 bits per heavy atom. The minimum absolute atomic E-state index is 0.0186. The van der Waals surface area contributed by atoms with Crippen molar-refractivity contribution in [2.75, 3.05) is 34.3 Å². The van der Waals surface area contributed by atoms with Gasteiger partial charge >= 0.3 is 10.2 Å². The molecule has 0 spiro atoms. The average molecular weight is 614 g/mol. The molecule has 226 valence electrons. The number of aryl methyl sites for hydroxylation is 1. The Morgan fingerprint density at radius 1 is 1.21 bits per heavy atom. The molecule has 1 saturated carbocycles. The van der Waals surface area contributed by atoms with Gasteiger partial charge in [-0.15, -0.1) is 11.8 Å². The number of nitrogens with zero attached hydrogens (tertiary/aromatic N) is 4. The molecule has 0 saturated heterocycles. The molecule has 1 aromatic carbocycles. The largest absolute Gasteiger partial charge is 0.495 e. The van der Waals surface area contributed by atoms with Crippen LogP contribution in [0, 0.1) is 0 Å². The van der Waals surface area contributed by atoms with Crippen LogP contribution in [0.5, 0.6) is 5.75 Å². The number of pyridine rings is 1. The van der Waals surface area contributed by atoms with Crippen LogP contribution in [0.4, 0.5) is 0 Å². The van der Waals surface area contributed by atoms with Crippen molar-refractivity contribution in [1.82, 2.24) is 18.9 Å². The van der Waals surface area contributed by atoms with Crippen molar-refractivity contribution < 1.29 is 22.7 Å². The summed E-state index contributed by atoms with van der Waals surface area (Å²) in [6.07, 6.45) is 4.54. The summed E-state index contributed by atoms with van der Waals surface area (Å²) in [4.78, 5) is 37.9. The highest BCUT2D eigenvalue weighted by atomic mass is 32.2. The van der Waals surface area contributed by atoms with E-state index in [-0.39, 0.29) is 17.7 Å². The molecule has 1 fully saturated rings. The van der Waals surface area contributed by atoms with E-state index in [1.54, 1.807) is 13.3 Å². The number of methoxy groups -OCH3 is 1. The third-order valence-electron chi connectivity index (χ3n) is 7.58. The summed E-state index contributed by atoms with van der Waals surface area (Å²) in [7, 11) is 0.336. The van der Waals surface area contributed by atoms with Gasteiger partial charge in [0.1, 0.15) is 11.8 Å². The number of allylic oxidation sites excluding steroid dienone is 1. The van der Waals surface area contributed by atoms with Crippen LogP contribution in [0.2, 0.25) is 0 Å². The number of carbonyl (C=O) groups excluding carboxylic acids is 2. The molecular formula is C30H39N5O5S2. The maximum absolute atomic E-state index is 14.1. The van der Waals surface area contributed by atoms with Crippen molar-refractivity contribution in [3.63, 3.8) is 0 Å². The van der Waals surface area contributed by atoms with E-state index < -0.39 is 27.6 Å². The van der Waals surface area contributed by atoms with E-state index in [1.807, 2.05) is 43.0 Å². The third-order valence-corrected chi connectivity index (χ3v) is 10.1. The van der Waals surface area contributed by atoms with Crippen molar-refractivity contribution in [2.24, 2.45) is 4.99 Å². The number of nitrogens with one attached hydrogen (secondary N) is 1. The molecule has 1 aliphatic heterocycles. The van der Waals surface area contributed by atoms with Crippen LogP contribution in [0.3, 0.4) is 0 Å². The number of thioether (sulfide) groups is 1. The van der Waals surface area contributed by atoms with Crippen molar-refractivity contribution >= 4 is 44.4 Å². The van der Waals surface area contributed by atoms with E-state index in [9.17, 15) is 18.0 Å². The first-order valence-electron chi connectivity index (χ1n) is 13.9. The number of aromatic nitrogens is 1. The molecule has 12 heteroatoms. The number of benzene rings is 1. The zero-order chi connectivity index (χ0) is 30.7. The van der Waals surface area contributed by atoms with Gasteiger partial charge in [-0.3, -0.25) is 19.6 Å². The third kappa shape index (κ3) is 7.22. The molecule has 10 nitrogen and oxygen atoms in total. The first-order chi connectivity index (χ1) is 19.9. The molecule has 2 unspecified atom stereocenters. The molecule has 42 heavy (non-hydrogen) atoms. The van der Waals surface area contributed by atoms with Crippen LogP contribution < -0.4 is 9.46 Å². The van der Waals surface area contributed by atoms with Crippen LogP contribution in [-0.2, 0) is 31.6 Å². The van der Waals surface area contributed by atoms with Gasteiger partial charge in [0, 0.05) is 25.9 Å². The molecule has 2 heterocycles. The van der Waals surface area contributed by atoms with Crippen molar-refractivity contribution in [3.8, 4) is 5.75 Å². The summed E-state index contributed by atoms with van der Waals surface area (Å²) in [5, 5.41) is 0.346. The van der Waals surface area contributed by atoms with Gasteiger partial charge in [-0.05, 0) is 55.9 Å². The molecule has 0 radical (unpaired) electrons. The average Bonchev–Trinajstić information content (AvgIpc) is 3.68. The molecule has 2 amide bonds. The first-order valence-corrected chi connectivity index (χ1v) is 16.2. The summed E-state index contributed by atoms with van der Waals surface area (Å²) >= 11 is 1.39. The normalized spacial score (nSPS) is 19.2. The minimum Gasteiger partial charge on any atom is -0.495 e. The zero-order valence-corrected chi connectivity index (χ0v) is 26.4. The van der Waals surface area contributed by atoms with E-state index in [2.05, 4.69) is 33.4 Å². The Balaban J connectivity index is 1.53. The minimum atomic E-state index is -3.94. The van der Waals surface area contributed by atoms with Crippen molar-refractivity contribution in [1.29, 1.82) is 0 Å². The van der Waals surface area contributed by atoms with Gasteiger partial charge in [-0.2, -0.15) is 12.7 Å². The Hall–Kier alpha value is -3.22. The fourth-order valence-electron chi connectivity index (χ4n) is 4.87. The number of amides is 2. The summed E-state index contributed by atoms with van der Waals surface area (Å²) in [6, 6.07) is 11.0. The monoisotopic (exact) mass is 613 g/mol. The Morgan fingerprint density at radius 3 is 2.55 bits per heavy atom. The van der Waals surface area contributed by atoms with Crippen LogP contribution >= 0.6 is 11.8 Å². The summed E-state index contributed by atoms with van der Waals surface area (Å²) in [6.45, 7) is 8.58. The van der Waals surface area contributed by atoms with Gasteiger partial charge in [0.25, 0.3) is 5.91 Å². The van der Waals surface area contributed by atoms with Gasteiger partial charge in [0.15, 0.2) is 0 Å². The quantitative estimate of drug-likeness (QED) is 0.367. The molecule has 4 rings (SSSR count). The summed E-state index contributed by atoms with van der Waals surface area (Å²) < 4.78 is 32.7. The van der Waals surface area contributed by atoms with Gasteiger partial charge < -0.3 is 9.64 Å². The number of ether oxygens (including phenoxy) is 1. The van der Waals surface area contributed by atoms with E-state index >= 15 is 0 Å². The lowest BCUT2D eigenvalue weighted by Gasteiger charge is -2.27. The fraction of sp³-hybridized carbons (Fsp3) is 0.467. The number of aliphatic imine (C=N–C) groups is 1. The number of carbonyl (C=O) groups is 2. The fourth-order valence-corrected chi connectivity index (χ4v) is 6.58. The second kappa shape index (κ2) is 13.0. The Bertz CT molecular complexity index is 1470. The van der Waals surface area contributed by atoms with Gasteiger partial charge in [0.05, 0.1) is 36.0 Å². The lowest BCUT2D eigenvalue weighted by molar-refractivity contribution is -0.133. The van der Waals surface area contributed by atoms with Crippen LogP contribution in [-0.4, -0.2) is 85.1 Å². The molecule has 1 aromatic heterocycles. The highest BCUT2D eigenvalue weighted by Gasteiger charge is 2.54.